The van der Waals surface area contributed by atoms with Crippen LogP contribution in [0.5, 0.6) is 0 Å². The van der Waals surface area contributed by atoms with Crippen LogP contribution in [-0.2, 0) is 0 Å². The van der Waals surface area contributed by atoms with Crippen LogP contribution >= 0.6 is 11.8 Å². The lowest BCUT2D eigenvalue weighted by atomic mass is 10.2. The normalized spacial score (nSPS) is 10.9. The van der Waals surface area contributed by atoms with Crippen molar-refractivity contribution < 1.29 is 9.90 Å². The molecule has 0 bridgehead atoms. The van der Waals surface area contributed by atoms with Gasteiger partial charge in [-0.3, -0.25) is 4.79 Å². The highest BCUT2D eigenvalue weighted by atomic mass is 32.2. The van der Waals surface area contributed by atoms with E-state index in [-0.39, 0.29) is 5.56 Å². The highest BCUT2D eigenvalue weighted by Crippen LogP contribution is 2.27. The maximum atomic E-state index is 11.6. The van der Waals surface area contributed by atoms with E-state index in [9.17, 15) is 9.59 Å². The van der Waals surface area contributed by atoms with E-state index in [4.69, 9.17) is 5.11 Å². The zero-order valence-electron chi connectivity index (χ0n) is 13.2. The quantitative estimate of drug-likeness (QED) is 0.716. The highest BCUT2D eigenvalue weighted by Gasteiger charge is 2.07. The van der Waals surface area contributed by atoms with Crippen LogP contribution in [0.25, 0.3) is 12.2 Å². The molecule has 5 heteroatoms. The number of pyridine rings is 1. The number of hydrogen-bond acceptors (Lipinski definition) is 3. The van der Waals surface area contributed by atoms with Gasteiger partial charge < -0.3 is 10.1 Å². The molecule has 2 aromatic carbocycles. The summed E-state index contributed by atoms with van der Waals surface area (Å²) in [5.41, 5.74) is 0.669. The number of aromatic nitrogens is 1. The van der Waals surface area contributed by atoms with Gasteiger partial charge in [0.1, 0.15) is 5.56 Å². The minimum Gasteiger partial charge on any atom is -0.477 e. The van der Waals surface area contributed by atoms with E-state index in [0.29, 0.717) is 5.69 Å². The van der Waals surface area contributed by atoms with Gasteiger partial charge in [0, 0.05) is 15.5 Å². The van der Waals surface area contributed by atoms with Crippen molar-refractivity contribution in [3.05, 3.63) is 93.9 Å². The second-order valence-electron chi connectivity index (χ2n) is 5.28. The molecular weight excluding hydrogens is 334 g/mol. The molecule has 3 aromatic rings. The molecule has 0 unspecified atom stereocenters. The minimum absolute atomic E-state index is 0.264. The molecule has 0 amide bonds. The molecule has 124 valence electrons. The van der Waals surface area contributed by atoms with Crippen molar-refractivity contribution in [3.63, 3.8) is 0 Å². The van der Waals surface area contributed by atoms with Crippen LogP contribution in [0.15, 0.2) is 81.3 Å². The number of benzene rings is 2. The molecule has 3 rings (SSSR count). The molecular formula is C20H15NO3S. The Kier molecular flexibility index (Phi) is 5.16. The summed E-state index contributed by atoms with van der Waals surface area (Å²) in [5.74, 6) is -1.23. The molecule has 0 fully saturated rings. The molecule has 0 radical (unpaired) electrons. The van der Waals surface area contributed by atoms with E-state index in [2.05, 4.69) is 17.1 Å². The van der Waals surface area contributed by atoms with Gasteiger partial charge in [-0.15, -0.1) is 0 Å². The zero-order chi connectivity index (χ0) is 17.6. The van der Waals surface area contributed by atoms with Gasteiger partial charge in [0.25, 0.3) is 5.56 Å². The number of H-pyrrole nitrogens is 1. The number of rotatable bonds is 5. The lowest BCUT2D eigenvalue weighted by Gasteiger charge is -2.02. The first kappa shape index (κ1) is 16.8. The Bertz CT molecular complexity index is 960. The number of carbonyl (C=O) groups is 1. The minimum atomic E-state index is -1.23. The molecule has 0 spiro atoms. The molecule has 0 atom stereocenters. The zero-order valence-corrected chi connectivity index (χ0v) is 14.0. The summed E-state index contributed by atoms with van der Waals surface area (Å²) in [6.07, 6.45) is 3.61. The standard InChI is InChI=1S/C20H15NO3S/c22-19-18(20(23)24)13-10-15(21-19)9-6-14-7-11-17(12-8-14)25-16-4-2-1-3-5-16/h1-13H,(H,21,22)(H,23,24)/b9-6+. The van der Waals surface area contributed by atoms with Gasteiger partial charge >= 0.3 is 5.97 Å². The number of hydrogen-bond donors (Lipinski definition) is 2. The highest BCUT2D eigenvalue weighted by molar-refractivity contribution is 7.99. The maximum Gasteiger partial charge on any atom is 0.341 e. The Morgan fingerprint density at radius 1 is 0.880 bits per heavy atom. The summed E-state index contributed by atoms with van der Waals surface area (Å²) >= 11 is 1.69. The molecule has 25 heavy (non-hydrogen) atoms. The second kappa shape index (κ2) is 7.68. The van der Waals surface area contributed by atoms with Gasteiger partial charge in [0.05, 0.1) is 0 Å². The monoisotopic (exact) mass is 349 g/mol. The lowest BCUT2D eigenvalue weighted by molar-refractivity contribution is 0.0695. The van der Waals surface area contributed by atoms with E-state index in [0.717, 1.165) is 10.5 Å². The molecule has 0 saturated heterocycles. The summed E-state index contributed by atoms with van der Waals surface area (Å²) < 4.78 is 0. The van der Waals surface area contributed by atoms with Crippen molar-refractivity contribution >= 4 is 29.9 Å². The van der Waals surface area contributed by atoms with E-state index >= 15 is 0 Å². The second-order valence-corrected chi connectivity index (χ2v) is 6.43. The third kappa shape index (κ3) is 4.49. The first-order valence-electron chi connectivity index (χ1n) is 7.59. The number of aromatic amines is 1. The Morgan fingerprint density at radius 2 is 1.56 bits per heavy atom. The fourth-order valence-corrected chi connectivity index (χ4v) is 3.05. The van der Waals surface area contributed by atoms with Crippen molar-refractivity contribution in [1.29, 1.82) is 0 Å². The third-order valence-electron chi connectivity index (χ3n) is 3.48. The van der Waals surface area contributed by atoms with Gasteiger partial charge in [-0.1, -0.05) is 48.2 Å². The van der Waals surface area contributed by atoms with Gasteiger partial charge in [0.15, 0.2) is 0 Å². The predicted molar refractivity (Wildman–Crippen MR) is 100.0 cm³/mol. The van der Waals surface area contributed by atoms with E-state index < -0.39 is 11.5 Å². The van der Waals surface area contributed by atoms with Crippen LogP contribution in [0.2, 0.25) is 0 Å². The SMILES string of the molecule is O=C(O)c1ccc(/C=C/c2ccc(Sc3ccccc3)cc2)[nH]c1=O. The van der Waals surface area contributed by atoms with Crippen molar-refractivity contribution in [3.8, 4) is 0 Å². The van der Waals surface area contributed by atoms with Crippen LogP contribution in [0.1, 0.15) is 21.6 Å². The Labute approximate surface area is 148 Å². The number of carboxylic acid groups (broad SMARTS) is 1. The summed E-state index contributed by atoms with van der Waals surface area (Å²) in [6, 6.07) is 21.1. The first-order valence-corrected chi connectivity index (χ1v) is 8.41. The molecule has 1 heterocycles. The van der Waals surface area contributed by atoms with Crippen LogP contribution in [0.3, 0.4) is 0 Å². The predicted octanol–water partition coefficient (Wildman–Crippen LogP) is 4.39. The van der Waals surface area contributed by atoms with Crippen LogP contribution < -0.4 is 5.56 Å². The Balaban J connectivity index is 1.71. The first-order chi connectivity index (χ1) is 12.1. The number of carboxylic acids is 1. The molecule has 0 saturated carbocycles. The van der Waals surface area contributed by atoms with Crippen LogP contribution in [0, 0.1) is 0 Å². The summed E-state index contributed by atoms with van der Waals surface area (Å²) in [4.78, 5) is 27.3. The molecule has 2 N–H and O–H groups in total. The maximum absolute atomic E-state index is 11.6. The Hall–Kier alpha value is -3.05. The number of nitrogens with one attached hydrogen (secondary N) is 1. The van der Waals surface area contributed by atoms with E-state index in [1.807, 2.05) is 48.5 Å². The van der Waals surface area contributed by atoms with Crippen LogP contribution in [0.4, 0.5) is 0 Å². The summed E-state index contributed by atoms with van der Waals surface area (Å²) in [5, 5.41) is 8.86. The van der Waals surface area contributed by atoms with Crippen molar-refractivity contribution in [2.24, 2.45) is 0 Å². The summed E-state index contributed by atoms with van der Waals surface area (Å²) in [6.45, 7) is 0. The van der Waals surface area contributed by atoms with Gasteiger partial charge in [0.2, 0.25) is 0 Å². The van der Waals surface area contributed by atoms with Gasteiger partial charge in [-0.05, 0) is 48.0 Å². The van der Waals surface area contributed by atoms with E-state index in [1.165, 1.54) is 11.0 Å². The lowest BCUT2D eigenvalue weighted by Crippen LogP contribution is -2.17. The van der Waals surface area contributed by atoms with Gasteiger partial charge in [-0.25, -0.2) is 4.79 Å². The summed E-state index contributed by atoms with van der Waals surface area (Å²) in [7, 11) is 0. The Morgan fingerprint density at radius 3 is 2.20 bits per heavy atom. The molecule has 0 aliphatic rings. The molecule has 1 aromatic heterocycles. The average Bonchev–Trinajstić information content (AvgIpc) is 2.62. The van der Waals surface area contributed by atoms with E-state index in [1.54, 1.807) is 23.9 Å². The van der Waals surface area contributed by atoms with Crippen molar-refractivity contribution in [2.45, 2.75) is 9.79 Å². The fourth-order valence-electron chi connectivity index (χ4n) is 2.21. The van der Waals surface area contributed by atoms with Crippen molar-refractivity contribution in [1.82, 2.24) is 4.98 Å². The van der Waals surface area contributed by atoms with Crippen LogP contribution in [-0.4, -0.2) is 16.1 Å². The molecule has 0 aliphatic heterocycles. The largest absolute Gasteiger partial charge is 0.477 e. The number of aromatic carboxylic acids is 1. The average molecular weight is 349 g/mol. The fraction of sp³-hybridized carbons (Fsp3) is 0. The van der Waals surface area contributed by atoms with Crippen molar-refractivity contribution in [2.75, 3.05) is 0 Å². The van der Waals surface area contributed by atoms with Gasteiger partial charge in [-0.2, -0.15) is 0 Å². The smallest absolute Gasteiger partial charge is 0.341 e. The molecule has 0 aliphatic carbocycles. The molecule has 4 nitrogen and oxygen atoms in total. The third-order valence-corrected chi connectivity index (χ3v) is 4.49. The topological polar surface area (TPSA) is 70.2 Å².